The van der Waals surface area contributed by atoms with Crippen LogP contribution in [0.2, 0.25) is 0 Å². The van der Waals surface area contributed by atoms with E-state index in [2.05, 4.69) is 5.10 Å². The quantitative estimate of drug-likeness (QED) is 0.436. The molecule has 1 aliphatic heterocycles. The standard InChI is InChI=1S/C9H13F2N3O2/c1-2-9(10,11)6-3-4-8(16)14(6)13-7(12)5-15/h5-6H,2-4H2,1H3,(H2,12,13). The molecular formula is C9H13F2N3O2. The van der Waals surface area contributed by atoms with Crippen molar-refractivity contribution in [2.75, 3.05) is 0 Å². The number of aldehydes is 1. The minimum Gasteiger partial charge on any atom is -0.380 e. The van der Waals surface area contributed by atoms with Crippen LogP contribution in [-0.4, -0.2) is 35.0 Å². The Hall–Kier alpha value is -1.53. The number of amidine groups is 1. The van der Waals surface area contributed by atoms with Crippen LogP contribution in [0.15, 0.2) is 5.10 Å². The highest BCUT2D eigenvalue weighted by Crippen LogP contribution is 2.34. The van der Waals surface area contributed by atoms with Gasteiger partial charge in [-0.1, -0.05) is 6.92 Å². The minimum atomic E-state index is -3.02. The van der Waals surface area contributed by atoms with Gasteiger partial charge in [-0.15, -0.1) is 5.10 Å². The number of hydrogen-bond acceptors (Lipinski definition) is 3. The Bertz CT molecular complexity index is 331. The second-order valence-electron chi connectivity index (χ2n) is 3.55. The molecule has 0 spiro atoms. The van der Waals surface area contributed by atoms with Crippen LogP contribution in [0, 0.1) is 0 Å². The molecule has 5 nitrogen and oxygen atoms in total. The third-order valence-corrected chi connectivity index (χ3v) is 2.49. The van der Waals surface area contributed by atoms with Crippen LogP contribution in [0.4, 0.5) is 8.78 Å². The largest absolute Gasteiger partial charge is 0.380 e. The lowest BCUT2D eigenvalue weighted by Gasteiger charge is -2.27. The monoisotopic (exact) mass is 233 g/mol. The van der Waals surface area contributed by atoms with Crippen molar-refractivity contribution in [3.63, 3.8) is 0 Å². The zero-order valence-corrected chi connectivity index (χ0v) is 8.82. The Morgan fingerprint density at radius 3 is 2.88 bits per heavy atom. The summed E-state index contributed by atoms with van der Waals surface area (Å²) < 4.78 is 26.9. The lowest BCUT2D eigenvalue weighted by molar-refractivity contribution is -0.136. The normalized spacial score (nSPS) is 22.7. The van der Waals surface area contributed by atoms with Crippen molar-refractivity contribution in [1.29, 1.82) is 0 Å². The molecule has 0 saturated carbocycles. The second-order valence-corrected chi connectivity index (χ2v) is 3.55. The molecule has 0 aromatic carbocycles. The molecule has 1 unspecified atom stereocenters. The van der Waals surface area contributed by atoms with Gasteiger partial charge in [-0.05, 0) is 6.42 Å². The molecule has 1 rings (SSSR count). The average Bonchev–Trinajstić information content (AvgIpc) is 2.61. The molecule has 1 heterocycles. The number of hydrogen-bond donors (Lipinski definition) is 1. The third kappa shape index (κ3) is 2.34. The number of amides is 1. The maximum absolute atomic E-state index is 13.4. The van der Waals surface area contributed by atoms with Gasteiger partial charge < -0.3 is 5.73 Å². The Labute approximate surface area is 91.3 Å². The SMILES string of the molecule is CCC(F)(F)C1CCC(=O)N1N=C(N)C=O. The summed E-state index contributed by atoms with van der Waals surface area (Å²) in [5.41, 5.74) is 5.11. The van der Waals surface area contributed by atoms with Crippen LogP contribution in [-0.2, 0) is 9.59 Å². The number of rotatable bonds is 4. The molecular weight excluding hydrogens is 220 g/mol. The number of nitrogens with zero attached hydrogens (tertiary/aromatic N) is 2. The van der Waals surface area contributed by atoms with Gasteiger partial charge >= 0.3 is 0 Å². The van der Waals surface area contributed by atoms with E-state index in [1.54, 1.807) is 0 Å². The molecule has 1 aliphatic rings. The van der Waals surface area contributed by atoms with Crippen LogP contribution in [0.5, 0.6) is 0 Å². The van der Waals surface area contributed by atoms with E-state index in [1.807, 2.05) is 0 Å². The average molecular weight is 233 g/mol. The first-order chi connectivity index (χ1) is 7.42. The predicted octanol–water partition coefficient (Wildman–Crippen LogP) is 0.494. The highest BCUT2D eigenvalue weighted by atomic mass is 19.3. The number of hydrazone groups is 1. The zero-order valence-electron chi connectivity index (χ0n) is 8.82. The van der Waals surface area contributed by atoms with Crippen molar-refractivity contribution in [1.82, 2.24) is 5.01 Å². The van der Waals surface area contributed by atoms with Gasteiger partial charge in [0.2, 0.25) is 5.91 Å². The molecule has 1 fully saturated rings. The maximum Gasteiger partial charge on any atom is 0.269 e. The molecule has 7 heteroatoms. The molecule has 1 atom stereocenters. The Morgan fingerprint density at radius 1 is 1.75 bits per heavy atom. The first-order valence-electron chi connectivity index (χ1n) is 4.91. The third-order valence-electron chi connectivity index (χ3n) is 2.49. The minimum absolute atomic E-state index is 0.00407. The van der Waals surface area contributed by atoms with E-state index in [-0.39, 0.29) is 19.1 Å². The molecule has 16 heavy (non-hydrogen) atoms. The summed E-state index contributed by atoms with van der Waals surface area (Å²) in [6.45, 7) is 1.33. The smallest absolute Gasteiger partial charge is 0.269 e. The van der Waals surface area contributed by atoms with Gasteiger partial charge in [-0.3, -0.25) is 9.59 Å². The zero-order chi connectivity index (χ0) is 12.3. The predicted molar refractivity (Wildman–Crippen MR) is 52.8 cm³/mol. The van der Waals surface area contributed by atoms with Gasteiger partial charge in [0, 0.05) is 12.8 Å². The molecule has 2 N–H and O–H groups in total. The maximum atomic E-state index is 13.4. The van der Waals surface area contributed by atoms with Crippen molar-refractivity contribution in [2.24, 2.45) is 10.8 Å². The summed E-state index contributed by atoms with van der Waals surface area (Å²) >= 11 is 0. The summed E-state index contributed by atoms with van der Waals surface area (Å²) in [6.07, 6.45) is -0.157. The van der Waals surface area contributed by atoms with Gasteiger partial charge in [0.15, 0.2) is 12.1 Å². The van der Waals surface area contributed by atoms with Crippen LogP contribution in [0.25, 0.3) is 0 Å². The van der Waals surface area contributed by atoms with Crippen LogP contribution in [0.1, 0.15) is 26.2 Å². The van der Waals surface area contributed by atoms with Crippen molar-refractivity contribution < 1.29 is 18.4 Å². The molecule has 0 aromatic rings. The summed E-state index contributed by atoms with van der Waals surface area (Å²) in [5, 5.41) is 4.03. The van der Waals surface area contributed by atoms with E-state index in [4.69, 9.17) is 5.73 Å². The Morgan fingerprint density at radius 2 is 2.38 bits per heavy atom. The summed E-state index contributed by atoms with van der Waals surface area (Å²) in [7, 11) is 0. The van der Waals surface area contributed by atoms with Crippen LogP contribution >= 0.6 is 0 Å². The van der Waals surface area contributed by atoms with Gasteiger partial charge in [-0.2, -0.15) is 0 Å². The van der Waals surface area contributed by atoms with Gasteiger partial charge in [0.05, 0.1) is 0 Å². The fourth-order valence-corrected chi connectivity index (χ4v) is 1.57. The van der Waals surface area contributed by atoms with Crippen molar-refractivity contribution in [3.8, 4) is 0 Å². The van der Waals surface area contributed by atoms with Gasteiger partial charge in [0.25, 0.3) is 5.92 Å². The molecule has 0 bridgehead atoms. The van der Waals surface area contributed by atoms with Crippen LogP contribution in [0.3, 0.4) is 0 Å². The molecule has 0 radical (unpaired) electrons. The number of alkyl halides is 2. The van der Waals surface area contributed by atoms with E-state index in [9.17, 15) is 18.4 Å². The molecule has 1 saturated heterocycles. The van der Waals surface area contributed by atoms with Crippen molar-refractivity contribution in [3.05, 3.63) is 0 Å². The summed E-state index contributed by atoms with van der Waals surface area (Å²) in [6, 6.07) is -1.30. The first kappa shape index (κ1) is 12.5. The van der Waals surface area contributed by atoms with Crippen molar-refractivity contribution >= 4 is 18.0 Å². The van der Waals surface area contributed by atoms with Crippen molar-refractivity contribution in [2.45, 2.75) is 38.2 Å². The molecule has 1 amide bonds. The van der Waals surface area contributed by atoms with Gasteiger partial charge in [-0.25, -0.2) is 13.8 Å². The second kappa shape index (κ2) is 4.54. The van der Waals surface area contributed by atoms with Crippen LogP contribution < -0.4 is 5.73 Å². The van der Waals surface area contributed by atoms with E-state index >= 15 is 0 Å². The highest BCUT2D eigenvalue weighted by Gasteiger charge is 2.47. The molecule has 0 aromatic heterocycles. The lowest BCUT2D eigenvalue weighted by atomic mass is 10.1. The number of nitrogens with two attached hydrogens (primary N) is 1. The number of halogens is 2. The van der Waals surface area contributed by atoms with E-state index < -0.39 is 30.1 Å². The number of carbonyl (C=O) groups excluding carboxylic acids is 2. The van der Waals surface area contributed by atoms with Gasteiger partial charge in [0.1, 0.15) is 6.04 Å². The Kier molecular flexibility index (Phi) is 3.56. The fraction of sp³-hybridized carbons (Fsp3) is 0.667. The molecule has 90 valence electrons. The highest BCUT2D eigenvalue weighted by molar-refractivity contribution is 6.26. The first-order valence-corrected chi connectivity index (χ1v) is 4.91. The van der Waals surface area contributed by atoms with E-state index in [1.165, 1.54) is 6.92 Å². The van der Waals surface area contributed by atoms with E-state index in [0.717, 1.165) is 0 Å². The molecule has 0 aliphatic carbocycles. The summed E-state index contributed by atoms with van der Waals surface area (Å²) in [4.78, 5) is 21.6. The Balaban J connectivity index is 2.94. The topological polar surface area (TPSA) is 75.8 Å². The number of carbonyl (C=O) groups is 2. The lowest BCUT2D eigenvalue weighted by Crippen LogP contribution is -2.43. The van der Waals surface area contributed by atoms with E-state index in [0.29, 0.717) is 5.01 Å². The fourth-order valence-electron chi connectivity index (χ4n) is 1.57. The summed E-state index contributed by atoms with van der Waals surface area (Å²) in [5.74, 6) is -4.03.